The molecule has 11 N–H and O–H groups in total. The van der Waals surface area contributed by atoms with Gasteiger partial charge in [0.15, 0.2) is 0 Å². The molecule has 0 aliphatic rings. The number of hydrogen-bond acceptors (Lipinski definition) is 3. The second-order valence-electron chi connectivity index (χ2n) is 2.24. The van der Waals surface area contributed by atoms with Gasteiger partial charge in [0.25, 0.3) is 0 Å². The first-order chi connectivity index (χ1) is 6.81. The van der Waals surface area contributed by atoms with E-state index in [0.29, 0.717) is 0 Å². The second kappa shape index (κ2) is 42.8. The number of hydrogen-bond donors (Lipinski definition) is 3. The van der Waals surface area contributed by atoms with Crippen molar-refractivity contribution in [1.82, 2.24) is 0 Å². The molecule has 130 valence electrons. The Morgan fingerprint density at radius 3 is 0.650 bits per heavy atom. The Balaban J connectivity index is -0.0000000160. The summed E-state index contributed by atoms with van der Waals surface area (Å²) in [5.41, 5.74) is 0. The van der Waals surface area contributed by atoms with E-state index in [1.165, 1.54) is 0 Å². The summed E-state index contributed by atoms with van der Waals surface area (Å²) in [5, 5.41) is 23.2. The standard InChI is InChI=1S/3C3H6O2.Gd.4H2O/c3*1-2-3(4)5;;;;;/h3*2H2,1H3,(H,4,5);;4*1H2. The number of carboxylic acid groups (broad SMARTS) is 3. The van der Waals surface area contributed by atoms with Crippen molar-refractivity contribution in [2.75, 3.05) is 0 Å². The van der Waals surface area contributed by atoms with E-state index in [2.05, 4.69) is 0 Å². The van der Waals surface area contributed by atoms with Crippen LogP contribution in [-0.2, 0) is 14.4 Å². The normalized spacial score (nSPS) is 5.55. The van der Waals surface area contributed by atoms with Gasteiger partial charge < -0.3 is 37.2 Å². The average Bonchev–Trinajstić information content (AvgIpc) is 2.19. The van der Waals surface area contributed by atoms with Crippen molar-refractivity contribution in [3.05, 3.63) is 0 Å². The van der Waals surface area contributed by atoms with Crippen LogP contribution in [0.5, 0.6) is 0 Å². The molecule has 0 rings (SSSR count). The van der Waals surface area contributed by atoms with Crippen molar-refractivity contribution in [3.63, 3.8) is 0 Å². The zero-order chi connectivity index (χ0) is 12.9. The third-order valence-corrected chi connectivity index (χ3v) is 0.907. The molecule has 0 aromatic rings. The molecule has 0 fully saturated rings. The van der Waals surface area contributed by atoms with E-state index in [1.54, 1.807) is 20.8 Å². The zero-order valence-electron chi connectivity index (χ0n) is 11.5. The molecule has 0 aromatic carbocycles. The number of carbonyl (C=O) groups is 3. The second-order valence-corrected chi connectivity index (χ2v) is 2.24. The van der Waals surface area contributed by atoms with E-state index >= 15 is 0 Å². The molecule has 0 heterocycles. The van der Waals surface area contributed by atoms with Crippen LogP contribution >= 0.6 is 0 Å². The molecule has 0 saturated carbocycles. The summed E-state index contributed by atoms with van der Waals surface area (Å²) in [4.78, 5) is 28.1. The van der Waals surface area contributed by atoms with E-state index in [-0.39, 0.29) is 81.1 Å². The smallest absolute Gasteiger partial charge is 0.303 e. The quantitative estimate of drug-likeness (QED) is 0.444. The Hall–Kier alpha value is -0.425. The SMILES string of the molecule is CCC(=O)O.CCC(=O)O.CCC(=O)O.O.O.O.O.[Gd]. The fourth-order valence-corrected chi connectivity index (χ4v) is 0. The Morgan fingerprint density at radius 2 is 0.650 bits per heavy atom. The largest absolute Gasteiger partial charge is 0.481 e. The third-order valence-electron chi connectivity index (χ3n) is 0.907. The molecule has 0 unspecified atom stereocenters. The molecule has 0 bridgehead atoms. The van der Waals surface area contributed by atoms with Gasteiger partial charge in [-0.05, 0) is 0 Å². The van der Waals surface area contributed by atoms with Crippen molar-refractivity contribution < 1.29 is 91.5 Å². The molecule has 0 aromatic heterocycles. The molecule has 10 nitrogen and oxygen atoms in total. The van der Waals surface area contributed by atoms with Crippen LogP contribution in [0.25, 0.3) is 0 Å². The van der Waals surface area contributed by atoms with E-state index in [0.717, 1.165) is 0 Å². The first kappa shape index (κ1) is 50.4. The molecule has 0 atom stereocenters. The fraction of sp³-hybridized carbons (Fsp3) is 0.667. The Bertz CT molecular complexity index is 164. The Labute approximate surface area is 149 Å². The monoisotopic (exact) mass is 452 g/mol. The molecular weight excluding hydrogens is 425 g/mol. The first-order valence-corrected chi connectivity index (χ1v) is 4.47. The maximum Gasteiger partial charge on any atom is 0.303 e. The molecule has 11 heteroatoms. The fourth-order valence-electron chi connectivity index (χ4n) is 0. The minimum Gasteiger partial charge on any atom is -0.481 e. The van der Waals surface area contributed by atoms with Gasteiger partial charge in [-0.2, -0.15) is 0 Å². The summed E-state index contributed by atoms with van der Waals surface area (Å²) in [6.45, 7) is 4.80. The van der Waals surface area contributed by atoms with Gasteiger partial charge in [0.05, 0.1) is 0 Å². The molecule has 0 saturated heterocycles. The van der Waals surface area contributed by atoms with E-state index in [9.17, 15) is 14.4 Å². The van der Waals surface area contributed by atoms with Gasteiger partial charge in [-0.1, -0.05) is 20.8 Å². The molecule has 0 amide bonds. The Morgan fingerprint density at radius 1 is 0.600 bits per heavy atom. The number of rotatable bonds is 3. The molecule has 0 aliphatic carbocycles. The minimum absolute atomic E-state index is 0. The van der Waals surface area contributed by atoms with Crippen LogP contribution in [0.2, 0.25) is 0 Å². The number of carboxylic acids is 3. The zero-order valence-corrected chi connectivity index (χ0v) is 13.8. The van der Waals surface area contributed by atoms with Crippen LogP contribution in [0.3, 0.4) is 0 Å². The molecule has 0 spiro atoms. The number of aliphatic carboxylic acids is 3. The van der Waals surface area contributed by atoms with Gasteiger partial charge in [0, 0.05) is 59.2 Å². The van der Waals surface area contributed by atoms with Crippen molar-refractivity contribution in [1.29, 1.82) is 0 Å². The molecule has 20 heavy (non-hydrogen) atoms. The summed E-state index contributed by atoms with van der Waals surface area (Å²) < 4.78 is 0. The maximum atomic E-state index is 9.37. The predicted molar refractivity (Wildman–Crippen MR) is 68.2 cm³/mol. The van der Waals surface area contributed by atoms with Gasteiger partial charge in [-0.3, -0.25) is 14.4 Å². The Kier molecular flexibility index (Phi) is 108. The van der Waals surface area contributed by atoms with Gasteiger partial charge in [-0.25, -0.2) is 0 Å². The van der Waals surface area contributed by atoms with Gasteiger partial charge in [-0.15, -0.1) is 0 Å². The van der Waals surface area contributed by atoms with Gasteiger partial charge in [0.2, 0.25) is 0 Å². The van der Waals surface area contributed by atoms with Crippen LogP contribution in [0.15, 0.2) is 0 Å². The summed E-state index contributed by atoms with van der Waals surface area (Å²) in [5.74, 6) is -2.24. The van der Waals surface area contributed by atoms with E-state index in [1.807, 2.05) is 0 Å². The molecular formula is C9H26GdO10. The van der Waals surface area contributed by atoms with Gasteiger partial charge >= 0.3 is 17.9 Å². The van der Waals surface area contributed by atoms with Crippen LogP contribution in [0, 0.1) is 39.9 Å². The molecule has 0 radical (unpaired) electrons. The summed E-state index contributed by atoms with van der Waals surface area (Å²) >= 11 is 0. The van der Waals surface area contributed by atoms with Crippen molar-refractivity contribution >= 4 is 17.9 Å². The van der Waals surface area contributed by atoms with Crippen LogP contribution in [0.4, 0.5) is 0 Å². The van der Waals surface area contributed by atoms with E-state index in [4.69, 9.17) is 15.3 Å². The minimum atomic E-state index is -0.745. The predicted octanol–water partition coefficient (Wildman–Crippen LogP) is -1.86. The topological polar surface area (TPSA) is 238 Å². The first-order valence-electron chi connectivity index (χ1n) is 4.47. The third kappa shape index (κ3) is 155. The van der Waals surface area contributed by atoms with Crippen molar-refractivity contribution in [3.8, 4) is 0 Å². The van der Waals surface area contributed by atoms with Crippen molar-refractivity contribution in [2.24, 2.45) is 0 Å². The maximum absolute atomic E-state index is 9.37. The van der Waals surface area contributed by atoms with Crippen LogP contribution in [0.1, 0.15) is 40.0 Å². The summed E-state index contributed by atoms with van der Waals surface area (Å²) in [6.07, 6.45) is 0.667. The van der Waals surface area contributed by atoms with Crippen LogP contribution in [-0.4, -0.2) is 55.1 Å². The summed E-state index contributed by atoms with van der Waals surface area (Å²) in [6, 6.07) is 0. The van der Waals surface area contributed by atoms with Crippen molar-refractivity contribution in [2.45, 2.75) is 40.0 Å². The van der Waals surface area contributed by atoms with Crippen LogP contribution < -0.4 is 0 Å². The molecule has 0 aliphatic heterocycles. The average molecular weight is 452 g/mol. The van der Waals surface area contributed by atoms with Gasteiger partial charge in [0.1, 0.15) is 0 Å². The van der Waals surface area contributed by atoms with E-state index < -0.39 is 17.9 Å². The summed E-state index contributed by atoms with van der Waals surface area (Å²) in [7, 11) is 0.